The molecule has 2 rings (SSSR count). The van der Waals surface area contributed by atoms with Crippen LogP contribution in [0.4, 0.5) is 15.8 Å². The van der Waals surface area contributed by atoms with Gasteiger partial charge in [0.1, 0.15) is 11.5 Å². The van der Waals surface area contributed by atoms with Gasteiger partial charge in [-0.1, -0.05) is 6.92 Å². The van der Waals surface area contributed by atoms with Crippen molar-refractivity contribution < 1.29 is 18.7 Å². The lowest BCUT2D eigenvalue weighted by atomic mass is 10.1. The Morgan fingerprint density at radius 3 is 2.67 bits per heavy atom. The van der Waals surface area contributed by atoms with E-state index in [4.69, 9.17) is 4.74 Å². The Kier molecular flexibility index (Phi) is 4.90. The second-order valence-corrected chi connectivity index (χ2v) is 5.00. The normalized spacial score (nSPS) is 17.0. The summed E-state index contributed by atoms with van der Waals surface area (Å²) in [7, 11) is 0. The summed E-state index contributed by atoms with van der Waals surface area (Å²) in [6, 6.07) is 2.69. The van der Waals surface area contributed by atoms with E-state index in [0.717, 1.165) is 19.1 Å². The summed E-state index contributed by atoms with van der Waals surface area (Å²) in [5.74, 6) is -1.14. The van der Waals surface area contributed by atoms with Crippen molar-refractivity contribution in [2.75, 3.05) is 23.8 Å². The molecule has 0 saturated carbocycles. The van der Waals surface area contributed by atoms with Crippen LogP contribution < -0.4 is 10.6 Å². The number of ether oxygens (including phenoxy) is 1. The number of benzene rings is 1. The van der Waals surface area contributed by atoms with Gasteiger partial charge in [0.25, 0.3) is 0 Å². The van der Waals surface area contributed by atoms with E-state index < -0.39 is 5.82 Å². The number of hydrogen-bond acceptors (Lipinski definition) is 4. The van der Waals surface area contributed by atoms with Gasteiger partial charge in [0, 0.05) is 25.1 Å². The maximum atomic E-state index is 14.1. The van der Waals surface area contributed by atoms with Crippen LogP contribution in [0, 0.1) is 5.82 Å². The Labute approximate surface area is 122 Å². The van der Waals surface area contributed by atoms with Crippen molar-refractivity contribution in [2.24, 2.45) is 0 Å². The summed E-state index contributed by atoms with van der Waals surface area (Å²) in [4.78, 5) is 23.0. The molecule has 1 fully saturated rings. The highest BCUT2D eigenvalue weighted by molar-refractivity contribution is 5.99. The molecule has 0 spiro atoms. The molecule has 0 aromatic heterocycles. The molecule has 0 bridgehead atoms. The molecule has 1 atom stereocenters. The molecule has 1 aromatic carbocycles. The summed E-state index contributed by atoms with van der Waals surface area (Å²) in [6.45, 7) is 4.30. The van der Waals surface area contributed by atoms with Crippen molar-refractivity contribution >= 4 is 23.1 Å². The number of Topliss-reactive ketones (excluding diaryl/α,β-unsaturated/α-hetero) is 1. The van der Waals surface area contributed by atoms with Crippen LogP contribution in [-0.2, 0) is 9.53 Å². The van der Waals surface area contributed by atoms with Crippen molar-refractivity contribution in [1.82, 2.24) is 0 Å². The second kappa shape index (κ2) is 6.67. The number of anilines is 2. The van der Waals surface area contributed by atoms with E-state index in [0.29, 0.717) is 12.2 Å². The third-order valence-corrected chi connectivity index (χ3v) is 3.40. The SMILES string of the molecule is CCC(=O)Nc1c(F)cc(C(C)=O)cc1NC[C@@H]1CCO1. The van der Waals surface area contributed by atoms with Crippen molar-refractivity contribution in [1.29, 1.82) is 0 Å². The van der Waals surface area contributed by atoms with E-state index in [2.05, 4.69) is 10.6 Å². The average molecular weight is 294 g/mol. The van der Waals surface area contributed by atoms with Gasteiger partial charge in [-0.15, -0.1) is 0 Å². The maximum Gasteiger partial charge on any atom is 0.224 e. The average Bonchev–Trinajstić information content (AvgIpc) is 2.39. The minimum Gasteiger partial charge on any atom is -0.381 e. The number of carbonyl (C=O) groups is 2. The second-order valence-electron chi connectivity index (χ2n) is 5.00. The van der Waals surface area contributed by atoms with Gasteiger partial charge in [-0.3, -0.25) is 9.59 Å². The molecule has 21 heavy (non-hydrogen) atoms. The molecule has 1 aromatic rings. The fraction of sp³-hybridized carbons (Fsp3) is 0.467. The quantitative estimate of drug-likeness (QED) is 0.791. The molecule has 1 aliphatic rings. The highest BCUT2D eigenvalue weighted by Crippen LogP contribution is 2.28. The van der Waals surface area contributed by atoms with Crippen LogP contribution in [0.5, 0.6) is 0 Å². The Morgan fingerprint density at radius 2 is 2.14 bits per heavy atom. The molecule has 1 saturated heterocycles. The number of carbonyl (C=O) groups excluding carboxylic acids is 2. The largest absolute Gasteiger partial charge is 0.381 e. The third-order valence-electron chi connectivity index (χ3n) is 3.40. The first kappa shape index (κ1) is 15.4. The zero-order valence-electron chi connectivity index (χ0n) is 12.2. The van der Waals surface area contributed by atoms with E-state index in [1.54, 1.807) is 13.0 Å². The topological polar surface area (TPSA) is 67.4 Å². The highest BCUT2D eigenvalue weighted by Gasteiger charge is 2.20. The zero-order chi connectivity index (χ0) is 15.4. The first-order valence-corrected chi connectivity index (χ1v) is 7.01. The molecule has 114 valence electrons. The molecular weight excluding hydrogens is 275 g/mol. The first-order valence-electron chi connectivity index (χ1n) is 7.01. The number of nitrogens with one attached hydrogen (secondary N) is 2. The fourth-order valence-electron chi connectivity index (χ4n) is 1.97. The molecule has 1 aliphatic heterocycles. The summed E-state index contributed by atoms with van der Waals surface area (Å²) >= 11 is 0. The molecule has 2 N–H and O–H groups in total. The van der Waals surface area contributed by atoms with E-state index in [1.807, 2.05) is 0 Å². The van der Waals surface area contributed by atoms with Crippen LogP contribution >= 0.6 is 0 Å². The van der Waals surface area contributed by atoms with Gasteiger partial charge in [0.05, 0.1) is 11.8 Å². The van der Waals surface area contributed by atoms with E-state index in [1.165, 1.54) is 6.92 Å². The minimum atomic E-state index is -0.624. The van der Waals surface area contributed by atoms with Gasteiger partial charge in [-0.2, -0.15) is 0 Å². The Bertz CT molecular complexity index is 556. The van der Waals surface area contributed by atoms with Crippen LogP contribution in [-0.4, -0.2) is 30.9 Å². The Morgan fingerprint density at radius 1 is 1.43 bits per heavy atom. The van der Waals surface area contributed by atoms with Crippen molar-refractivity contribution in [3.05, 3.63) is 23.5 Å². The van der Waals surface area contributed by atoms with Crippen LogP contribution in [0.15, 0.2) is 12.1 Å². The zero-order valence-corrected chi connectivity index (χ0v) is 12.2. The number of rotatable bonds is 6. The van der Waals surface area contributed by atoms with E-state index in [9.17, 15) is 14.0 Å². The number of hydrogen-bond donors (Lipinski definition) is 2. The van der Waals surface area contributed by atoms with Crippen LogP contribution in [0.1, 0.15) is 37.0 Å². The monoisotopic (exact) mass is 294 g/mol. The van der Waals surface area contributed by atoms with E-state index >= 15 is 0 Å². The van der Waals surface area contributed by atoms with Crippen LogP contribution in [0.2, 0.25) is 0 Å². The fourth-order valence-corrected chi connectivity index (χ4v) is 1.97. The van der Waals surface area contributed by atoms with Gasteiger partial charge in [0.15, 0.2) is 5.78 Å². The summed E-state index contributed by atoms with van der Waals surface area (Å²) in [5, 5.41) is 5.57. The molecule has 5 nitrogen and oxygen atoms in total. The maximum absolute atomic E-state index is 14.1. The number of amides is 1. The standard InChI is InChI=1S/C15H19FN2O3/c1-3-14(20)18-15-12(16)6-10(9(2)19)7-13(15)17-8-11-4-5-21-11/h6-7,11,17H,3-5,8H2,1-2H3,(H,18,20)/t11-/m0/s1. The highest BCUT2D eigenvalue weighted by atomic mass is 19.1. The van der Waals surface area contributed by atoms with Gasteiger partial charge in [0.2, 0.25) is 5.91 Å². The third kappa shape index (κ3) is 3.78. The van der Waals surface area contributed by atoms with Gasteiger partial charge < -0.3 is 15.4 Å². The van der Waals surface area contributed by atoms with Gasteiger partial charge in [-0.05, 0) is 25.5 Å². The summed E-state index contributed by atoms with van der Waals surface area (Å²) < 4.78 is 19.4. The lowest BCUT2D eigenvalue weighted by Gasteiger charge is -2.27. The van der Waals surface area contributed by atoms with Crippen LogP contribution in [0.3, 0.4) is 0 Å². The lowest BCUT2D eigenvalue weighted by molar-refractivity contribution is -0.115. The molecular formula is C15H19FN2O3. The van der Waals surface area contributed by atoms with E-state index in [-0.39, 0.29) is 35.5 Å². The van der Waals surface area contributed by atoms with Crippen LogP contribution in [0.25, 0.3) is 0 Å². The number of ketones is 1. The molecule has 0 aliphatic carbocycles. The molecule has 6 heteroatoms. The smallest absolute Gasteiger partial charge is 0.224 e. The molecule has 1 amide bonds. The predicted octanol–water partition coefficient (Wildman–Crippen LogP) is 2.58. The first-order chi connectivity index (χ1) is 10.0. The van der Waals surface area contributed by atoms with Crippen molar-refractivity contribution in [2.45, 2.75) is 32.8 Å². The molecule has 1 heterocycles. The molecule has 0 unspecified atom stereocenters. The summed E-state index contributed by atoms with van der Waals surface area (Å²) in [6.07, 6.45) is 1.28. The van der Waals surface area contributed by atoms with Crippen molar-refractivity contribution in [3.8, 4) is 0 Å². The number of halogens is 1. The minimum absolute atomic E-state index is 0.0752. The predicted molar refractivity (Wildman–Crippen MR) is 78.2 cm³/mol. The Hall–Kier alpha value is -1.95. The van der Waals surface area contributed by atoms with Crippen molar-refractivity contribution in [3.63, 3.8) is 0 Å². The molecule has 0 radical (unpaired) electrons. The summed E-state index contributed by atoms with van der Waals surface area (Å²) in [5.41, 5.74) is 0.739. The van der Waals surface area contributed by atoms with Gasteiger partial charge >= 0.3 is 0 Å². The lowest BCUT2D eigenvalue weighted by Crippen LogP contribution is -2.33. The van der Waals surface area contributed by atoms with Gasteiger partial charge in [-0.25, -0.2) is 4.39 Å². The Balaban J connectivity index is 2.25.